The van der Waals surface area contributed by atoms with Gasteiger partial charge in [-0.2, -0.15) is 5.10 Å². The summed E-state index contributed by atoms with van der Waals surface area (Å²) in [5.41, 5.74) is 3.01. The van der Waals surface area contributed by atoms with Crippen LogP contribution in [0.5, 0.6) is 0 Å². The van der Waals surface area contributed by atoms with Gasteiger partial charge >= 0.3 is 5.97 Å². The topological polar surface area (TPSA) is 67.2 Å². The van der Waals surface area contributed by atoms with Gasteiger partial charge in [0.15, 0.2) is 0 Å². The monoisotopic (exact) mass is 245 g/mol. The van der Waals surface area contributed by atoms with Crippen molar-refractivity contribution < 1.29 is 9.90 Å². The molecule has 0 fully saturated rings. The third-order valence-corrected chi connectivity index (χ3v) is 2.95. The highest BCUT2D eigenvalue weighted by Crippen LogP contribution is 2.15. The van der Waals surface area contributed by atoms with E-state index < -0.39 is 5.97 Å². The van der Waals surface area contributed by atoms with Gasteiger partial charge in [0.2, 0.25) is 0 Å². The van der Waals surface area contributed by atoms with Crippen LogP contribution in [0.4, 0.5) is 5.69 Å². The largest absolute Gasteiger partial charge is 0.478 e. The second kappa shape index (κ2) is 4.91. The van der Waals surface area contributed by atoms with Crippen LogP contribution in [-0.4, -0.2) is 20.9 Å². The van der Waals surface area contributed by atoms with Gasteiger partial charge in [-0.05, 0) is 18.6 Å². The van der Waals surface area contributed by atoms with E-state index in [4.69, 9.17) is 5.11 Å². The van der Waals surface area contributed by atoms with E-state index in [0.717, 1.165) is 16.9 Å². The highest BCUT2D eigenvalue weighted by Gasteiger charge is 2.09. The minimum absolute atomic E-state index is 0.326. The first-order valence-electron chi connectivity index (χ1n) is 5.63. The fraction of sp³-hybridized carbons (Fsp3) is 0.231. The smallest absolute Gasteiger partial charge is 0.336 e. The number of nitrogens with zero attached hydrogens (tertiary/aromatic N) is 2. The summed E-state index contributed by atoms with van der Waals surface area (Å²) < 4.78 is 1.77. The molecule has 1 aromatic heterocycles. The third-order valence-electron chi connectivity index (χ3n) is 2.95. The number of carboxylic acids is 1. The standard InChI is InChI=1S/C13H15N3O2/c1-9-12(8-15-16(9)2)14-7-10-5-3-4-6-11(10)13(17)18/h3-6,8,14H,7H2,1-2H3,(H,17,18). The molecule has 0 spiro atoms. The Morgan fingerprint density at radius 2 is 2.17 bits per heavy atom. The summed E-state index contributed by atoms with van der Waals surface area (Å²) in [4.78, 5) is 11.1. The summed E-state index contributed by atoms with van der Waals surface area (Å²) in [5, 5.41) is 16.4. The summed E-state index contributed by atoms with van der Waals surface area (Å²) in [7, 11) is 1.87. The first-order valence-corrected chi connectivity index (χ1v) is 5.63. The lowest BCUT2D eigenvalue weighted by atomic mass is 10.1. The Kier molecular flexibility index (Phi) is 3.32. The highest BCUT2D eigenvalue weighted by atomic mass is 16.4. The molecule has 2 rings (SSSR count). The summed E-state index contributed by atoms with van der Waals surface area (Å²) in [5.74, 6) is -0.907. The number of aryl methyl sites for hydroxylation is 1. The maximum atomic E-state index is 11.1. The van der Waals surface area contributed by atoms with Crippen LogP contribution in [0.1, 0.15) is 21.6 Å². The predicted molar refractivity (Wildman–Crippen MR) is 68.7 cm³/mol. The maximum absolute atomic E-state index is 11.1. The molecule has 1 heterocycles. The number of rotatable bonds is 4. The molecule has 5 nitrogen and oxygen atoms in total. The molecule has 0 aliphatic heterocycles. The van der Waals surface area contributed by atoms with Crippen molar-refractivity contribution in [3.8, 4) is 0 Å². The molecule has 1 aromatic carbocycles. The van der Waals surface area contributed by atoms with Crippen molar-refractivity contribution in [3.05, 3.63) is 47.3 Å². The van der Waals surface area contributed by atoms with Gasteiger partial charge in [0.05, 0.1) is 23.1 Å². The molecule has 0 aliphatic rings. The van der Waals surface area contributed by atoms with Crippen molar-refractivity contribution in [1.29, 1.82) is 0 Å². The zero-order valence-corrected chi connectivity index (χ0v) is 10.3. The average Bonchev–Trinajstić information content (AvgIpc) is 2.68. The quantitative estimate of drug-likeness (QED) is 0.865. The molecule has 18 heavy (non-hydrogen) atoms. The maximum Gasteiger partial charge on any atom is 0.336 e. The summed E-state index contributed by atoms with van der Waals surface area (Å²) in [6.07, 6.45) is 1.73. The Morgan fingerprint density at radius 1 is 1.44 bits per heavy atom. The number of carboxylic acid groups (broad SMARTS) is 1. The van der Waals surface area contributed by atoms with Crippen molar-refractivity contribution in [1.82, 2.24) is 9.78 Å². The number of aromatic carboxylic acids is 1. The molecule has 0 saturated heterocycles. The van der Waals surface area contributed by atoms with Gasteiger partial charge in [0.1, 0.15) is 0 Å². The van der Waals surface area contributed by atoms with Gasteiger partial charge < -0.3 is 10.4 Å². The Morgan fingerprint density at radius 3 is 2.78 bits per heavy atom. The number of nitrogens with one attached hydrogen (secondary N) is 1. The highest BCUT2D eigenvalue weighted by molar-refractivity contribution is 5.89. The third kappa shape index (κ3) is 2.34. The van der Waals surface area contributed by atoms with Gasteiger partial charge in [-0.15, -0.1) is 0 Å². The van der Waals surface area contributed by atoms with Gasteiger partial charge in [-0.1, -0.05) is 18.2 Å². The zero-order valence-electron chi connectivity index (χ0n) is 10.3. The van der Waals surface area contributed by atoms with E-state index in [9.17, 15) is 4.79 Å². The van der Waals surface area contributed by atoms with E-state index in [1.165, 1.54) is 0 Å². The van der Waals surface area contributed by atoms with E-state index in [1.807, 2.05) is 26.1 Å². The molecule has 0 saturated carbocycles. The molecule has 0 bridgehead atoms. The Bertz CT molecular complexity index is 575. The number of benzene rings is 1. The predicted octanol–water partition coefficient (Wildman–Crippen LogP) is 2.04. The molecule has 0 unspecified atom stereocenters. The number of carbonyl (C=O) groups is 1. The van der Waals surface area contributed by atoms with Gasteiger partial charge in [0.25, 0.3) is 0 Å². The fourth-order valence-electron chi connectivity index (χ4n) is 1.75. The van der Waals surface area contributed by atoms with Crippen molar-refractivity contribution in [2.24, 2.45) is 7.05 Å². The van der Waals surface area contributed by atoms with E-state index in [-0.39, 0.29) is 0 Å². The lowest BCUT2D eigenvalue weighted by Crippen LogP contribution is -2.07. The van der Waals surface area contributed by atoms with Crippen LogP contribution >= 0.6 is 0 Å². The number of hydrogen-bond acceptors (Lipinski definition) is 3. The van der Waals surface area contributed by atoms with Crippen LogP contribution in [-0.2, 0) is 13.6 Å². The van der Waals surface area contributed by atoms with Crippen molar-refractivity contribution in [2.45, 2.75) is 13.5 Å². The fourth-order valence-corrected chi connectivity index (χ4v) is 1.75. The van der Waals surface area contributed by atoms with Crippen LogP contribution < -0.4 is 5.32 Å². The first kappa shape index (κ1) is 12.2. The van der Waals surface area contributed by atoms with Crippen LogP contribution in [0, 0.1) is 6.92 Å². The molecule has 94 valence electrons. The van der Waals surface area contributed by atoms with Crippen molar-refractivity contribution in [2.75, 3.05) is 5.32 Å². The summed E-state index contributed by atoms with van der Waals surface area (Å²) in [6.45, 7) is 2.42. The molecule has 0 atom stereocenters. The SMILES string of the molecule is Cc1c(NCc2ccccc2C(=O)O)cnn1C. The van der Waals surface area contributed by atoms with Crippen LogP contribution in [0.2, 0.25) is 0 Å². The van der Waals surface area contributed by atoms with E-state index in [1.54, 1.807) is 23.0 Å². The van der Waals surface area contributed by atoms with Gasteiger partial charge in [-0.25, -0.2) is 4.79 Å². The van der Waals surface area contributed by atoms with Crippen molar-refractivity contribution in [3.63, 3.8) is 0 Å². The minimum Gasteiger partial charge on any atom is -0.478 e. The summed E-state index contributed by atoms with van der Waals surface area (Å²) >= 11 is 0. The minimum atomic E-state index is -0.907. The Balaban J connectivity index is 2.16. The molecule has 0 radical (unpaired) electrons. The number of anilines is 1. The van der Waals surface area contributed by atoms with E-state index >= 15 is 0 Å². The Labute approximate surface area is 105 Å². The molecule has 5 heteroatoms. The molecular formula is C13H15N3O2. The molecule has 0 aliphatic carbocycles. The average molecular weight is 245 g/mol. The first-order chi connectivity index (χ1) is 8.59. The summed E-state index contributed by atoms with van der Waals surface area (Å²) in [6, 6.07) is 6.97. The normalized spacial score (nSPS) is 10.3. The van der Waals surface area contributed by atoms with Gasteiger partial charge in [-0.3, -0.25) is 4.68 Å². The second-order valence-corrected chi connectivity index (χ2v) is 4.08. The molecule has 2 N–H and O–H groups in total. The lowest BCUT2D eigenvalue weighted by Gasteiger charge is -2.08. The number of aromatic nitrogens is 2. The molecular weight excluding hydrogens is 230 g/mol. The lowest BCUT2D eigenvalue weighted by molar-refractivity contribution is 0.0696. The van der Waals surface area contributed by atoms with Gasteiger partial charge in [0, 0.05) is 13.6 Å². The zero-order chi connectivity index (χ0) is 13.1. The van der Waals surface area contributed by atoms with Crippen LogP contribution in [0.3, 0.4) is 0 Å². The van der Waals surface area contributed by atoms with Crippen molar-refractivity contribution >= 4 is 11.7 Å². The molecule has 2 aromatic rings. The number of hydrogen-bond donors (Lipinski definition) is 2. The van der Waals surface area contributed by atoms with E-state index in [0.29, 0.717) is 12.1 Å². The Hall–Kier alpha value is -2.30. The van der Waals surface area contributed by atoms with E-state index in [2.05, 4.69) is 10.4 Å². The molecule has 0 amide bonds. The van der Waals surface area contributed by atoms with Crippen LogP contribution in [0.25, 0.3) is 0 Å². The second-order valence-electron chi connectivity index (χ2n) is 4.08. The van der Waals surface area contributed by atoms with Crippen LogP contribution in [0.15, 0.2) is 30.5 Å².